The Morgan fingerprint density at radius 1 is 1.16 bits per heavy atom. The molecule has 1 aliphatic heterocycles. The number of fused-ring (bicyclic) bond motifs is 1. The van der Waals surface area contributed by atoms with Gasteiger partial charge in [0.2, 0.25) is 5.75 Å². The summed E-state index contributed by atoms with van der Waals surface area (Å²) in [6.45, 7) is 8.16. The van der Waals surface area contributed by atoms with Crippen molar-refractivity contribution in [3.63, 3.8) is 0 Å². The van der Waals surface area contributed by atoms with E-state index < -0.39 is 18.2 Å². The average Bonchev–Trinajstić information content (AvgIpc) is 3.43. The van der Waals surface area contributed by atoms with Crippen LogP contribution in [0.15, 0.2) is 23.8 Å². The molecule has 0 bridgehead atoms. The van der Waals surface area contributed by atoms with Gasteiger partial charge in [-0.15, -0.1) is 0 Å². The SMILES string of the molecule is COc1cc(C(=O)O[C@H]2C/C(C)=C\CC[C@]3(C)O[C@@H]3[C@H](O)[C@@H]2C(C)C)cc(OC)c1OC. The number of epoxide rings is 1. The topological polar surface area (TPSA) is 86.8 Å². The van der Waals surface area contributed by atoms with Gasteiger partial charge >= 0.3 is 5.97 Å². The lowest BCUT2D eigenvalue weighted by atomic mass is 9.78. The van der Waals surface area contributed by atoms with Gasteiger partial charge in [0.1, 0.15) is 12.2 Å². The summed E-state index contributed by atoms with van der Waals surface area (Å²) in [6.07, 6.45) is 3.00. The molecule has 1 aromatic rings. The number of aliphatic hydroxyl groups is 1. The molecule has 1 saturated heterocycles. The van der Waals surface area contributed by atoms with E-state index in [0.717, 1.165) is 18.4 Å². The van der Waals surface area contributed by atoms with Crippen LogP contribution in [0.1, 0.15) is 57.3 Å². The van der Waals surface area contributed by atoms with Crippen LogP contribution in [0.5, 0.6) is 17.2 Å². The number of ether oxygens (including phenoxy) is 5. The highest BCUT2D eigenvalue weighted by atomic mass is 16.6. The monoisotopic (exact) mass is 448 g/mol. The molecule has 7 nitrogen and oxygen atoms in total. The van der Waals surface area contributed by atoms with Crippen LogP contribution in [0.2, 0.25) is 0 Å². The van der Waals surface area contributed by atoms with Crippen molar-refractivity contribution >= 4 is 5.97 Å². The van der Waals surface area contributed by atoms with Crippen molar-refractivity contribution in [3.05, 3.63) is 29.3 Å². The highest BCUT2D eigenvalue weighted by Gasteiger charge is 2.58. The van der Waals surface area contributed by atoms with Crippen molar-refractivity contribution in [1.29, 1.82) is 0 Å². The molecule has 32 heavy (non-hydrogen) atoms. The molecule has 0 spiro atoms. The van der Waals surface area contributed by atoms with E-state index in [9.17, 15) is 9.90 Å². The standard InChI is InChI=1S/C25H36O7/c1-14(2)20-17(11-15(3)9-8-10-25(4)23(32-25)21(20)26)31-24(27)16-12-18(28-5)22(30-7)19(13-16)29-6/h9,12-14,17,20-21,23,26H,8,10-11H2,1-7H3/b15-9-/t17-,20+,21+,23+,25-/m0/s1. The van der Waals surface area contributed by atoms with Crippen molar-refractivity contribution < 1.29 is 33.6 Å². The number of esters is 1. The predicted octanol–water partition coefficient (Wildman–Crippen LogP) is 4.16. The fourth-order valence-corrected chi connectivity index (χ4v) is 4.80. The lowest BCUT2D eigenvalue weighted by Gasteiger charge is -2.34. The highest BCUT2D eigenvalue weighted by Crippen LogP contribution is 2.47. The molecule has 5 atom stereocenters. The van der Waals surface area contributed by atoms with Crippen LogP contribution < -0.4 is 14.2 Å². The fourth-order valence-electron chi connectivity index (χ4n) is 4.80. The van der Waals surface area contributed by atoms with Gasteiger partial charge < -0.3 is 28.8 Å². The lowest BCUT2D eigenvalue weighted by Crippen LogP contribution is -2.43. The van der Waals surface area contributed by atoms with Crippen LogP contribution in [-0.4, -0.2) is 56.3 Å². The van der Waals surface area contributed by atoms with Gasteiger partial charge in [-0.3, -0.25) is 0 Å². The third kappa shape index (κ3) is 4.89. The Hall–Kier alpha value is -2.25. The first-order valence-corrected chi connectivity index (χ1v) is 11.2. The van der Waals surface area contributed by atoms with Gasteiger partial charge in [0.15, 0.2) is 11.5 Å². The minimum atomic E-state index is -0.719. The van der Waals surface area contributed by atoms with Gasteiger partial charge in [0.25, 0.3) is 0 Å². The molecule has 0 unspecified atom stereocenters. The van der Waals surface area contributed by atoms with Crippen LogP contribution in [-0.2, 0) is 9.47 Å². The minimum Gasteiger partial charge on any atom is -0.493 e. The molecule has 0 amide bonds. The zero-order chi connectivity index (χ0) is 23.6. The van der Waals surface area contributed by atoms with Gasteiger partial charge in [-0.1, -0.05) is 25.5 Å². The summed E-state index contributed by atoms with van der Waals surface area (Å²) in [5.41, 5.74) is 1.10. The summed E-state index contributed by atoms with van der Waals surface area (Å²) in [4.78, 5) is 13.2. The molecule has 1 fully saturated rings. The van der Waals surface area contributed by atoms with Crippen molar-refractivity contribution in [2.75, 3.05) is 21.3 Å². The van der Waals surface area contributed by atoms with Gasteiger partial charge in [-0.05, 0) is 44.7 Å². The Morgan fingerprint density at radius 2 is 1.78 bits per heavy atom. The van der Waals surface area contributed by atoms with Crippen LogP contribution in [0, 0.1) is 11.8 Å². The van der Waals surface area contributed by atoms with Crippen LogP contribution >= 0.6 is 0 Å². The smallest absolute Gasteiger partial charge is 0.338 e. The second-order valence-electron chi connectivity index (χ2n) is 9.31. The number of carbonyl (C=O) groups excluding carboxylic acids is 1. The average molecular weight is 449 g/mol. The lowest BCUT2D eigenvalue weighted by molar-refractivity contribution is -0.0419. The van der Waals surface area contributed by atoms with Gasteiger partial charge in [0.05, 0.1) is 38.6 Å². The number of benzene rings is 1. The van der Waals surface area contributed by atoms with E-state index in [2.05, 4.69) is 6.08 Å². The summed E-state index contributed by atoms with van der Waals surface area (Å²) >= 11 is 0. The normalized spacial score (nSPS) is 31.7. The highest BCUT2D eigenvalue weighted by molar-refractivity contribution is 5.91. The van der Waals surface area contributed by atoms with E-state index in [1.165, 1.54) is 21.3 Å². The van der Waals surface area contributed by atoms with Crippen LogP contribution in [0.4, 0.5) is 0 Å². The number of aliphatic hydroxyl groups excluding tert-OH is 1. The number of carbonyl (C=O) groups is 1. The molecular weight excluding hydrogens is 412 g/mol. The molecule has 3 rings (SSSR count). The molecular formula is C25H36O7. The van der Waals surface area contributed by atoms with Crippen molar-refractivity contribution in [3.8, 4) is 17.2 Å². The quantitative estimate of drug-likeness (QED) is 0.397. The summed E-state index contributed by atoms with van der Waals surface area (Å²) in [5.74, 6) is 0.477. The second-order valence-corrected chi connectivity index (χ2v) is 9.31. The number of hydrogen-bond donors (Lipinski definition) is 1. The summed E-state index contributed by atoms with van der Waals surface area (Å²) in [7, 11) is 4.51. The number of rotatable bonds is 6. The Bertz CT molecular complexity index is 837. The number of allylic oxidation sites excluding steroid dienone is 1. The Kier molecular flexibility index (Phi) is 7.40. The third-order valence-electron chi connectivity index (χ3n) is 6.66. The van der Waals surface area contributed by atoms with Gasteiger partial charge in [0, 0.05) is 12.3 Å². The molecule has 1 N–H and O–H groups in total. The first-order valence-electron chi connectivity index (χ1n) is 11.2. The van der Waals surface area contributed by atoms with E-state index in [0.29, 0.717) is 29.2 Å². The van der Waals surface area contributed by atoms with E-state index in [-0.39, 0.29) is 23.5 Å². The third-order valence-corrected chi connectivity index (χ3v) is 6.66. The van der Waals surface area contributed by atoms with Gasteiger partial charge in [-0.2, -0.15) is 0 Å². The zero-order valence-electron chi connectivity index (χ0n) is 20.1. The van der Waals surface area contributed by atoms with Crippen LogP contribution in [0.3, 0.4) is 0 Å². The van der Waals surface area contributed by atoms with Crippen LogP contribution in [0.25, 0.3) is 0 Å². The molecule has 1 aliphatic carbocycles. The molecule has 2 aliphatic rings. The summed E-state index contributed by atoms with van der Waals surface area (Å²) < 4.78 is 28.1. The largest absolute Gasteiger partial charge is 0.493 e. The Morgan fingerprint density at radius 3 is 2.31 bits per heavy atom. The van der Waals surface area contributed by atoms with E-state index in [1.54, 1.807) is 12.1 Å². The Labute approximate surface area is 190 Å². The van der Waals surface area contributed by atoms with E-state index >= 15 is 0 Å². The molecule has 0 radical (unpaired) electrons. The minimum absolute atomic E-state index is 0.0865. The molecule has 178 valence electrons. The van der Waals surface area contributed by atoms with Crippen molar-refractivity contribution in [2.24, 2.45) is 11.8 Å². The van der Waals surface area contributed by atoms with Gasteiger partial charge in [-0.25, -0.2) is 4.79 Å². The molecule has 7 heteroatoms. The molecule has 0 saturated carbocycles. The Balaban J connectivity index is 1.93. The maximum absolute atomic E-state index is 13.2. The maximum atomic E-state index is 13.2. The zero-order valence-corrected chi connectivity index (χ0v) is 20.1. The molecule has 1 aromatic carbocycles. The van der Waals surface area contributed by atoms with E-state index in [4.69, 9.17) is 23.7 Å². The first kappa shape index (κ1) is 24.4. The first-order chi connectivity index (χ1) is 15.1. The molecule has 1 heterocycles. The van der Waals surface area contributed by atoms with E-state index in [1.807, 2.05) is 27.7 Å². The molecule has 0 aromatic heterocycles. The van der Waals surface area contributed by atoms with Crippen molar-refractivity contribution in [2.45, 2.75) is 70.9 Å². The van der Waals surface area contributed by atoms with Crippen molar-refractivity contribution in [1.82, 2.24) is 0 Å². The summed E-state index contributed by atoms with van der Waals surface area (Å²) in [5, 5.41) is 11.2. The fraction of sp³-hybridized carbons (Fsp3) is 0.640. The second kappa shape index (κ2) is 9.71. The number of hydrogen-bond acceptors (Lipinski definition) is 7. The maximum Gasteiger partial charge on any atom is 0.338 e. The summed E-state index contributed by atoms with van der Waals surface area (Å²) in [6, 6.07) is 3.16. The number of methoxy groups -OCH3 is 3. The predicted molar refractivity (Wildman–Crippen MR) is 121 cm³/mol.